The quantitative estimate of drug-likeness (QED) is 0.645. The number of rotatable bonds is 6. The minimum absolute atomic E-state index is 0.636. The SMILES string of the molecule is CCOc1ccccc1/C=N/Nc1ccc(OC)cc1. The second kappa shape index (κ2) is 7.19. The van der Waals surface area contributed by atoms with Crippen molar-refractivity contribution in [1.29, 1.82) is 0 Å². The lowest BCUT2D eigenvalue weighted by molar-refractivity contribution is 0.340. The number of nitrogens with zero attached hydrogens (tertiary/aromatic N) is 1. The molecule has 0 aromatic heterocycles. The molecule has 0 heterocycles. The second-order valence-corrected chi connectivity index (χ2v) is 4.07. The highest BCUT2D eigenvalue weighted by molar-refractivity contribution is 5.83. The largest absolute Gasteiger partial charge is 0.497 e. The monoisotopic (exact) mass is 270 g/mol. The Balaban J connectivity index is 2.02. The van der Waals surface area contributed by atoms with E-state index in [-0.39, 0.29) is 0 Å². The van der Waals surface area contributed by atoms with Crippen LogP contribution >= 0.6 is 0 Å². The summed E-state index contributed by atoms with van der Waals surface area (Å²) in [6.07, 6.45) is 1.75. The van der Waals surface area contributed by atoms with Gasteiger partial charge in [-0.3, -0.25) is 5.43 Å². The van der Waals surface area contributed by atoms with Gasteiger partial charge < -0.3 is 9.47 Å². The summed E-state index contributed by atoms with van der Waals surface area (Å²) in [6, 6.07) is 15.4. The van der Waals surface area contributed by atoms with E-state index in [1.807, 2.05) is 55.5 Å². The first-order valence-corrected chi connectivity index (χ1v) is 6.48. The van der Waals surface area contributed by atoms with Gasteiger partial charge in [-0.05, 0) is 43.3 Å². The van der Waals surface area contributed by atoms with E-state index in [9.17, 15) is 0 Å². The molecule has 0 atom stereocenters. The number of benzene rings is 2. The Morgan fingerprint density at radius 2 is 1.85 bits per heavy atom. The zero-order valence-electron chi connectivity index (χ0n) is 11.7. The number of hydrazone groups is 1. The van der Waals surface area contributed by atoms with Crippen LogP contribution in [0, 0.1) is 0 Å². The minimum Gasteiger partial charge on any atom is -0.497 e. The third-order valence-electron chi connectivity index (χ3n) is 2.71. The summed E-state index contributed by atoms with van der Waals surface area (Å²) in [5.41, 5.74) is 4.81. The first-order valence-electron chi connectivity index (χ1n) is 6.48. The van der Waals surface area contributed by atoms with Crippen LogP contribution in [0.1, 0.15) is 12.5 Å². The molecule has 104 valence electrons. The molecule has 2 aromatic carbocycles. The lowest BCUT2D eigenvalue weighted by Gasteiger charge is -2.06. The summed E-state index contributed by atoms with van der Waals surface area (Å²) < 4.78 is 10.6. The Morgan fingerprint density at radius 1 is 1.10 bits per heavy atom. The molecule has 0 aliphatic carbocycles. The number of hydrogen-bond acceptors (Lipinski definition) is 4. The summed E-state index contributed by atoms with van der Waals surface area (Å²) in [4.78, 5) is 0. The molecule has 0 spiro atoms. The molecule has 0 aliphatic heterocycles. The molecular formula is C16H18N2O2. The van der Waals surface area contributed by atoms with Crippen LogP contribution in [0.15, 0.2) is 53.6 Å². The van der Waals surface area contributed by atoms with Crippen molar-refractivity contribution in [2.45, 2.75) is 6.92 Å². The van der Waals surface area contributed by atoms with E-state index in [0.29, 0.717) is 6.61 Å². The summed E-state index contributed by atoms with van der Waals surface area (Å²) in [5.74, 6) is 1.65. The van der Waals surface area contributed by atoms with Crippen molar-refractivity contribution in [3.63, 3.8) is 0 Å². The number of ether oxygens (including phenoxy) is 2. The van der Waals surface area contributed by atoms with Gasteiger partial charge in [-0.1, -0.05) is 12.1 Å². The van der Waals surface area contributed by atoms with Crippen molar-refractivity contribution >= 4 is 11.9 Å². The lowest BCUT2D eigenvalue weighted by Crippen LogP contribution is -1.97. The zero-order chi connectivity index (χ0) is 14.2. The molecule has 1 N–H and O–H groups in total. The average Bonchev–Trinajstić information content (AvgIpc) is 2.50. The van der Waals surface area contributed by atoms with Crippen molar-refractivity contribution in [3.05, 3.63) is 54.1 Å². The van der Waals surface area contributed by atoms with E-state index in [4.69, 9.17) is 9.47 Å². The Labute approximate surface area is 119 Å². The van der Waals surface area contributed by atoms with Crippen LogP contribution < -0.4 is 14.9 Å². The fourth-order valence-electron chi connectivity index (χ4n) is 1.72. The van der Waals surface area contributed by atoms with Crippen LogP contribution in [0.5, 0.6) is 11.5 Å². The van der Waals surface area contributed by atoms with Gasteiger partial charge in [-0.2, -0.15) is 5.10 Å². The molecule has 4 nitrogen and oxygen atoms in total. The van der Waals surface area contributed by atoms with E-state index >= 15 is 0 Å². The summed E-state index contributed by atoms with van der Waals surface area (Å²) in [5, 5.41) is 4.21. The number of anilines is 1. The second-order valence-electron chi connectivity index (χ2n) is 4.07. The maximum atomic E-state index is 5.53. The fourth-order valence-corrected chi connectivity index (χ4v) is 1.72. The number of hydrogen-bond donors (Lipinski definition) is 1. The third kappa shape index (κ3) is 3.75. The van der Waals surface area contributed by atoms with Crippen LogP contribution in [-0.4, -0.2) is 19.9 Å². The molecule has 0 bridgehead atoms. The average molecular weight is 270 g/mol. The highest BCUT2D eigenvalue weighted by atomic mass is 16.5. The van der Waals surface area contributed by atoms with Gasteiger partial charge in [0, 0.05) is 5.56 Å². The highest BCUT2D eigenvalue weighted by Gasteiger charge is 1.98. The first-order chi connectivity index (χ1) is 9.83. The van der Waals surface area contributed by atoms with Crippen LogP contribution in [0.25, 0.3) is 0 Å². The fraction of sp³-hybridized carbons (Fsp3) is 0.188. The summed E-state index contributed by atoms with van der Waals surface area (Å²) in [7, 11) is 1.64. The van der Waals surface area contributed by atoms with E-state index in [1.165, 1.54) is 0 Å². The van der Waals surface area contributed by atoms with Gasteiger partial charge in [0.05, 0.1) is 25.6 Å². The highest BCUT2D eigenvalue weighted by Crippen LogP contribution is 2.17. The number of para-hydroxylation sites is 1. The topological polar surface area (TPSA) is 42.8 Å². The van der Waals surface area contributed by atoms with Gasteiger partial charge in [0.15, 0.2) is 0 Å². The van der Waals surface area contributed by atoms with Crippen LogP contribution in [0.3, 0.4) is 0 Å². The molecule has 0 saturated carbocycles. The smallest absolute Gasteiger partial charge is 0.128 e. The number of nitrogens with one attached hydrogen (secondary N) is 1. The molecule has 0 aliphatic rings. The van der Waals surface area contributed by atoms with Gasteiger partial charge in [0.2, 0.25) is 0 Å². The normalized spacial score (nSPS) is 10.5. The van der Waals surface area contributed by atoms with E-state index in [0.717, 1.165) is 22.7 Å². The molecular weight excluding hydrogens is 252 g/mol. The van der Waals surface area contributed by atoms with Gasteiger partial charge in [-0.15, -0.1) is 0 Å². The van der Waals surface area contributed by atoms with E-state index in [1.54, 1.807) is 13.3 Å². The first kappa shape index (κ1) is 13.9. The van der Waals surface area contributed by atoms with E-state index < -0.39 is 0 Å². The van der Waals surface area contributed by atoms with E-state index in [2.05, 4.69) is 10.5 Å². The molecule has 0 radical (unpaired) electrons. The number of methoxy groups -OCH3 is 1. The van der Waals surface area contributed by atoms with Gasteiger partial charge in [-0.25, -0.2) is 0 Å². The van der Waals surface area contributed by atoms with Crippen LogP contribution in [-0.2, 0) is 0 Å². The molecule has 4 heteroatoms. The predicted molar refractivity (Wildman–Crippen MR) is 81.8 cm³/mol. The minimum atomic E-state index is 0.636. The van der Waals surface area contributed by atoms with Gasteiger partial charge in [0.1, 0.15) is 11.5 Å². The molecule has 2 rings (SSSR count). The Bertz CT molecular complexity index is 565. The molecule has 0 unspecified atom stereocenters. The molecule has 20 heavy (non-hydrogen) atoms. The third-order valence-corrected chi connectivity index (χ3v) is 2.71. The van der Waals surface area contributed by atoms with Gasteiger partial charge in [0.25, 0.3) is 0 Å². The molecule has 0 amide bonds. The molecule has 0 fully saturated rings. The molecule has 2 aromatic rings. The van der Waals surface area contributed by atoms with Crippen molar-refractivity contribution in [1.82, 2.24) is 0 Å². The molecule has 0 saturated heterocycles. The van der Waals surface area contributed by atoms with Gasteiger partial charge >= 0.3 is 0 Å². The zero-order valence-corrected chi connectivity index (χ0v) is 11.7. The van der Waals surface area contributed by atoms with Crippen molar-refractivity contribution < 1.29 is 9.47 Å². The predicted octanol–water partition coefficient (Wildman–Crippen LogP) is 3.54. The van der Waals surface area contributed by atoms with Crippen LogP contribution in [0.2, 0.25) is 0 Å². The summed E-state index contributed by atoms with van der Waals surface area (Å²) in [6.45, 7) is 2.60. The summed E-state index contributed by atoms with van der Waals surface area (Å²) >= 11 is 0. The lowest BCUT2D eigenvalue weighted by atomic mass is 10.2. The standard InChI is InChI=1S/C16H18N2O2/c1-3-20-16-7-5-4-6-13(16)12-17-18-14-8-10-15(19-2)11-9-14/h4-12,18H,3H2,1-2H3/b17-12+. The van der Waals surface area contributed by atoms with Crippen molar-refractivity contribution in [3.8, 4) is 11.5 Å². The van der Waals surface area contributed by atoms with Crippen molar-refractivity contribution in [2.24, 2.45) is 5.10 Å². The Hall–Kier alpha value is -2.49. The maximum Gasteiger partial charge on any atom is 0.128 e. The Kier molecular flexibility index (Phi) is 5.00. The Morgan fingerprint density at radius 3 is 2.55 bits per heavy atom. The maximum absolute atomic E-state index is 5.53. The van der Waals surface area contributed by atoms with Crippen molar-refractivity contribution in [2.75, 3.05) is 19.1 Å². The van der Waals surface area contributed by atoms with Crippen LogP contribution in [0.4, 0.5) is 5.69 Å².